The molecule has 6 nitrogen and oxygen atoms in total. The van der Waals surface area contributed by atoms with E-state index in [1.54, 1.807) is 11.2 Å². The molecule has 1 N–H and O–H groups in total. The molecule has 0 radical (unpaired) electrons. The number of anilines is 1. The first-order chi connectivity index (χ1) is 9.66. The molecule has 104 valence electrons. The lowest BCUT2D eigenvalue weighted by molar-refractivity contribution is 0.243. The Hall–Kier alpha value is -2.37. The molecule has 2 amide bonds. The Kier molecular flexibility index (Phi) is 3.14. The van der Waals surface area contributed by atoms with Crippen molar-refractivity contribution in [2.75, 3.05) is 11.4 Å². The van der Waals surface area contributed by atoms with Crippen LogP contribution in [0.2, 0.25) is 0 Å². The van der Waals surface area contributed by atoms with Crippen molar-refractivity contribution < 1.29 is 4.79 Å². The molecule has 0 bridgehead atoms. The monoisotopic (exact) mass is 271 g/mol. The van der Waals surface area contributed by atoms with Crippen LogP contribution in [0.15, 0.2) is 30.6 Å². The van der Waals surface area contributed by atoms with Crippen molar-refractivity contribution in [2.24, 2.45) is 7.05 Å². The zero-order valence-corrected chi connectivity index (χ0v) is 11.6. The number of benzene rings is 1. The number of urea groups is 1. The smallest absolute Gasteiger partial charge is 0.322 e. The number of aromatic nitrogens is 3. The maximum Gasteiger partial charge on any atom is 0.322 e. The second kappa shape index (κ2) is 4.96. The van der Waals surface area contributed by atoms with E-state index in [0.29, 0.717) is 0 Å². The first-order valence-electron chi connectivity index (χ1n) is 6.66. The quantitative estimate of drug-likeness (QED) is 0.903. The molecular weight excluding hydrogens is 254 g/mol. The van der Waals surface area contributed by atoms with E-state index in [9.17, 15) is 4.79 Å². The zero-order valence-electron chi connectivity index (χ0n) is 11.6. The zero-order chi connectivity index (χ0) is 14.1. The number of aryl methyl sites for hydroxylation is 1. The molecule has 0 spiro atoms. The molecule has 20 heavy (non-hydrogen) atoms. The summed E-state index contributed by atoms with van der Waals surface area (Å²) in [5.74, 6) is 0.742. The van der Waals surface area contributed by atoms with Gasteiger partial charge < -0.3 is 9.88 Å². The van der Waals surface area contributed by atoms with Crippen LogP contribution in [0.5, 0.6) is 0 Å². The number of rotatable bonds is 2. The van der Waals surface area contributed by atoms with Crippen molar-refractivity contribution in [1.82, 2.24) is 20.1 Å². The van der Waals surface area contributed by atoms with E-state index in [-0.39, 0.29) is 12.1 Å². The van der Waals surface area contributed by atoms with Crippen molar-refractivity contribution >= 4 is 11.7 Å². The lowest BCUT2D eigenvalue weighted by atomic mass is 10.2. The number of hydrogen-bond donors (Lipinski definition) is 1. The van der Waals surface area contributed by atoms with Gasteiger partial charge in [-0.1, -0.05) is 18.2 Å². The molecule has 1 aliphatic rings. The fourth-order valence-electron chi connectivity index (χ4n) is 2.56. The highest BCUT2D eigenvalue weighted by Crippen LogP contribution is 2.27. The Bertz CT molecular complexity index is 636. The average molecular weight is 271 g/mol. The van der Waals surface area contributed by atoms with E-state index >= 15 is 0 Å². The SMILES string of the molecule is C[C@H](NC(=O)N1CCc2ccccc21)c1nncn1C. The number of hydrogen-bond acceptors (Lipinski definition) is 3. The van der Waals surface area contributed by atoms with Gasteiger partial charge in [-0.05, 0) is 25.0 Å². The van der Waals surface area contributed by atoms with Gasteiger partial charge >= 0.3 is 6.03 Å². The third kappa shape index (κ3) is 2.13. The van der Waals surface area contributed by atoms with Gasteiger partial charge in [-0.15, -0.1) is 10.2 Å². The lowest BCUT2D eigenvalue weighted by Crippen LogP contribution is -2.40. The highest BCUT2D eigenvalue weighted by Gasteiger charge is 2.25. The largest absolute Gasteiger partial charge is 0.328 e. The first-order valence-corrected chi connectivity index (χ1v) is 6.66. The molecule has 1 aliphatic heterocycles. The van der Waals surface area contributed by atoms with Crippen LogP contribution in [0.4, 0.5) is 10.5 Å². The molecule has 2 heterocycles. The van der Waals surface area contributed by atoms with Gasteiger partial charge in [0.2, 0.25) is 0 Å². The molecule has 1 aromatic heterocycles. The van der Waals surface area contributed by atoms with Crippen LogP contribution in [0.3, 0.4) is 0 Å². The third-order valence-electron chi connectivity index (χ3n) is 3.61. The van der Waals surface area contributed by atoms with Gasteiger partial charge in [-0.2, -0.15) is 0 Å². The van der Waals surface area contributed by atoms with E-state index < -0.39 is 0 Å². The maximum atomic E-state index is 12.4. The van der Waals surface area contributed by atoms with Crippen LogP contribution in [0, 0.1) is 0 Å². The van der Waals surface area contributed by atoms with Crippen LogP contribution in [0.25, 0.3) is 0 Å². The van der Waals surface area contributed by atoms with Crippen molar-refractivity contribution in [1.29, 1.82) is 0 Å². The van der Waals surface area contributed by atoms with Crippen molar-refractivity contribution in [3.63, 3.8) is 0 Å². The molecule has 1 aromatic carbocycles. The third-order valence-corrected chi connectivity index (χ3v) is 3.61. The number of fused-ring (bicyclic) bond motifs is 1. The Labute approximate surface area is 117 Å². The van der Waals surface area contributed by atoms with Crippen LogP contribution in [-0.4, -0.2) is 27.3 Å². The number of nitrogens with one attached hydrogen (secondary N) is 1. The minimum atomic E-state index is -0.178. The Morgan fingerprint density at radius 3 is 2.95 bits per heavy atom. The lowest BCUT2D eigenvalue weighted by Gasteiger charge is -2.21. The highest BCUT2D eigenvalue weighted by molar-refractivity contribution is 5.94. The Balaban J connectivity index is 1.74. The fourth-order valence-corrected chi connectivity index (χ4v) is 2.56. The summed E-state index contributed by atoms with van der Waals surface area (Å²) >= 11 is 0. The maximum absolute atomic E-state index is 12.4. The molecule has 2 aromatic rings. The molecular formula is C14H17N5O. The van der Waals surface area contributed by atoms with E-state index in [1.165, 1.54) is 5.56 Å². The summed E-state index contributed by atoms with van der Waals surface area (Å²) in [5.41, 5.74) is 2.21. The minimum absolute atomic E-state index is 0.0922. The highest BCUT2D eigenvalue weighted by atomic mass is 16.2. The summed E-state index contributed by atoms with van der Waals surface area (Å²) < 4.78 is 1.81. The van der Waals surface area contributed by atoms with E-state index in [2.05, 4.69) is 21.6 Å². The molecule has 1 atom stereocenters. The number of amides is 2. The number of nitrogens with zero attached hydrogens (tertiary/aromatic N) is 4. The summed E-state index contributed by atoms with van der Waals surface area (Å²) in [6.07, 6.45) is 2.53. The van der Waals surface area contributed by atoms with E-state index in [4.69, 9.17) is 0 Å². The van der Waals surface area contributed by atoms with Gasteiger partial charge in [0.1, 0.15) is 6.33 Å². The van der Waals surface area contributed by atoms with Crippen LogP contribution < -0.4 is 10.2 Å². The van der Waals surface area contributed by atoms with Gasteiger partial charge in [-0.3, -0.25) is 4.90 Å². The van der Waals surface area contributed by atoms with E-state index in [0.717, 1.165) is 24.5 Å². The summed E-state index contributed by atoms with van der Waals surface area (Å²) in [7, 11) is 1.86. The minimum Gasteiger partial charge on any atom is -0.328 e. The predicted octanol–water partition coefficient (Wildman–Crippen LogP) is 1.65. The molecule has 3 rings (SSSR count). The predicted molar refractivity (Wildman–Crippen MR) is 75.4 cm³/mol. The van der Waals surface area contributed by atoms with Crippen molar-refractivity contribution in [3.8, 4) is 0 Å². The van der Waals surface area contributed by atoms with Gasteiger partial charge in [-0.25, -0.2) is 4.79 Å². The first kappa shape index (κ1) is 12.7. The van der Waals surface area contributed by atoms with Crippen molar-refractivity contribution in [2.45, 2.75) is 19.4 Å². The Morgan fingerprint density at radius 1 is 1.40 bits per heavy atom. The Morgan fingerprint density at radius 2 is 2.20 bits per heavy atom. The normalized spacial score (nSPS) is 15.0. The van der Waals surface area contributed by atoms with Crippen molar-refractivity contribution in [3.05, 3.63) is 42.0 Å². The van der Waals surface area contributed by atoms with Crippen LogP contribution in [-0.2, 0) is 13.5 Å². The average Bonchev–Trinajstić information content (AvgIpc) is 3.04. The fraction of sp³-hybridized carbons (Fsp3) is 0.357. The summed E-state index contributed by atoms with van der Waals surface area (Å²) in [5, 5.41) is 10.8. The number of para-hydroxylation sites is 1. The summed E-state index contributed by atoms with van der Waals surface area (Å²) in [6, 6.07) is 7.73. The van der Waals surface area contributed by atoms with Gasteiger partial charge in [0.25, 0.3) is 0 Å². The van der Waals surface area contributed by atoms with Gasteiger partial charge in [0, 0.05) is 19.3 Å². The van der Waals surface area contributed by atoms with Gasteiger partial charge in [0.15, 0.2) is 5.82 Å². The van der Waals surface area contributed by atoms with E-state index in [1.807, 2.05) is 36.7 Å². The summed E-state index contributed by atoms with van der Waals surface area (Å²) in [4.78, 5) is 14.2. The molecule has 0 saturated carbocycles. The number of carbonyl (C=O) groups is 1. The van der Waals surface area contributed by atoms with Crippen LogP contribution in [0.1, 0.15) is 24.4 Å². The standard InChI is InChI=1S/C14H17N5O/c1-10(13-17-15-9-18(13)2)16-14(20)19-8-7-11-5-3-4-6-12(11)19/h3-6,9-10H,7-8H2,1-2H3,(H,16,20)/t10-/m0/s1. The molecule has 0 aliphatic carbocycles. The molecule has 0 fully saturated rings. The second-order valence-corrected chi connectivity index (χ2v) is 5.00. The number of carbonyl (C=O) groups excluding carboxylic acids is 1. The van der Waals surface area contributed by atoms with Crippen LogP contribution >= 0.6 is 0 Å². The molecule has 0 saturated heterocycles. The second-order valence-electron chi connectivity index (χ2n) is 5.00. The van der Waals surface area contributed by atoms with Gasteiger partial charge in [0.05, 0.1) is 6.04 Å². The summed E-state index contributed by atoms with van der Waals surface area (Å²) in [6.45, 7) is 2.63. The molecule has 0 unspecified atom stereocenters. The molecule has 6 heteroatoms. The topological polar surface area (TPSA) is 63.1 Å².